The summed E-state index contributed by atoms with van der Waals surface area (Å²) in [5.41, 5.74) is 2.08. The number of rotatable bonds is 6. The van der Waals surface area contributed by atoms with Gasteiger partial charge in [0.2, 0.25) is 5.91 Å². The first kappa shape index (κ1) is 21.6. The minimum atomic E-state index is -0.881. The van der Waals surface area contributed by atoms with Gasteiger partial charge in [-0.3, -0.25) is 14.4 Å². The number of thiophene rings is 1. The van der Waals surface area contributed by atoms with E-state index < -0.39 is 17.8 Å². The molecule has 3 N–H and O–H groups in total. The van der Waals surface area contributed by atoms with Gasteiger partial charge < -0.3 is 15.7 Å². The third-order valence-electron chi connectivity index (χ3n) is 6.87. The van der Waals surface area contributed by atoms with E-state index in [1.165, 1.54) is 11.3 Å². The molecule has 0 radical (unpaired) electrons. The molecule has 3 aliphatic rings. The molecule has 31 heavy (non-hydrogen) atoms. The summed E-state index contributed by atoms with van der Waals surface area (Å²) in [6.45, 7) is 3.93. The lowest BCUT2D eigenvalue weighted by Crippen LogP contribution is -2.49. The van der Waals surface area contributed by atoms with Crippen LogP contribution in [0.1, 0.15) is 53.4 Å². The highest BCUT2D eigenvalue weighted by Crippen LogP contribution is 2.49. The van der Waals surface area contributed by atoms with Crippen LogP contribution in [0.3, 0.4) is 0 Å². The minimum Gasteiger partial charge on any atom is -0.481 e. The number of aryl methyl sites for hydroxylation is 1. The maximum Gasteiger partial charge on any atom is 0.307 e. The molecule has 0 unspecified atom stereocenters. The number of carboxylic acids is 1. The number of benzene rings is 1. The summed E-state index contributed by atoms with van der Waals surface area (Å²) in [4.78, 5) is 39.4. The summed E-state index contributed by atoms with van der Waals surface area (Å²) in [7, 11) is 0. The SMILES string of the molecule is CCc1c(C)sc(NC(=O)[C@@H]2C3CCC(CC3)[C@H]2C(=O)O)c1C(=O)Nc1ccccc1. The fourth-order valence-corrected chi connectivity index (χ4v) is 6.57. The number of carboxylic acid groups (broad SMARTS) is 1. The van der Waals surface area contributed by atoms with Gasteiger partial charge in [0.05, 0.1) is 17.4 Å². The molecule has 2 atom stereocenters. The summed E-state index contributed by atoms with van der Waals surface area (Å²) >= 11 is 1.39. The number of carbonyl (C=O) groups is 3. The Morgan fingerprint density at radius 2 is 1.61 bits per heavy atom. The van der Waals surface area contributed by atoms with Gasteiger partial charge in [0.25, 0.3) is 5.91 Å². The molecule has 3 saturated carbocycles. The van der Waals surface area contributed by atoms with Crippen LogP contribution in [0.5, 0.6) is 0 Å². The number of hydrogen-bond acceptors (Lipinski definition) is 4. The lowest BCUT2D eigenvalue weighted by Gasteiger charge is -2.45. The van der Waals surface area contributed by atoms with E-state index in [4.69, 9.17) is 0 Å². The van der Waals surface area contributed by atoms with Gasteiger partial charge in [0.15, 0.2) is 0 Å². The van der Waals surface area contributed by atoms with Crippen LogP contribution in [0.2, 0.25) is 0 Å². The van der Waals surface area contributed by atoms with Crippen molar-refractivity contribution in [2.75, 3.05) is 10.6 Å². The number of nitrogens with one attached hydrogen (secondary N) is 2. The zero-order chi connectivity index (χ0) is 22.1. The van der Waals surface area contributed by atoms with Crippen molar-refractivity contribution >= 4 is 39.8 Å². The van der Waals surface area contributed by atoms with Crippen molar-refractivity contribution in [1.29, 1.82) is 0 Å². The normalized spacial score (nSPS) is 24.6. The Labute approximate surface area is 186 Å². The Hall–Kier alpha value is -2.67. The van der Waals surface area contributed by atoms with Crippen molar-refractivity contribution in [3.05, 3.63) is 46.3 Å². The van der Waals surface area contributed by atoms with E-state index in [2.05, 4.69) is 10.6 Å². The third kappa shape index (κ3) is 4.11. The first-order chi connectivity index (χ1) is 14.9. The van der Waals surface area contributed by atoms with Gasteiger partial charge in [-0.2, -0.15) is 0 Å². The number of anilines is 2. The Morgan fingerprint density at radius 1 is 1.00 bits per heavy atom. The molecule has 0 spiro atoms. The minimum absolute atomic E-state index is 0.0652. The van der Waals surface area contributed by atoms with Crippen LogP contribution >= 0.6 is 11.3 Å². The topological polar surface area (TPSA) is 95.5 Å². The fourth-order valence-electron chi connectivity index (χ4n) is 5.43. The van der Waals surface area contributed by atoms with Gasteiger partial charge in [-0.25, -0.2) is 0 Å². The first-order valence-corrected chi connectivity index (χ1v) is 11.7. The number of hydrogen-bond donors (Lipinski definition) is 3. The Balaban J connectivity index is 1.61. The van der Waals surface area contributed by atoms with Crippen LogP contribution in [0.4, 0.5) is 10.7 Å². The Morgan fingerprint density at radius 3 is 2.19 bits per heavy atom. The fraction of sp³-hybridized carbons (Fsp3) is 0.458. The van der Waals surface area contributed by atoms with Crippen molar-refractivity contribution in [3.63, 3.8) is 0 Å². The lowest BCUT2D eigenvalue weighted by molar-refractivity contribution is -0.156. The highest BCUT2D eigenvalue weighted by atomic mass is 32.1. The second-order valence-electron chi connectivity index (χ2n) is 8.57. The molecular weight excluding hydrogens is 412 g/mol. The molecule has 6 nitrogen and oxygen atoms in total. The summed E-state index contributed by atoms with van der Waals surface area (Å²) < 4.78 is 0. The molecule has 2 amide bonds. The highest BCUT2D eigenvalue weighted by Gasteiger charge is 2.50. The second kappa shape index (κ2) is 8.83. The second-order valence-corrected chi connectivity index (χ2v) is 9.79. The number of amides is 2. The largest absolute Gasteiger partial charge is 0.481 e. The Bertz CT molecular complexity index is 993. The van der Waals surface area contributed by atoms with E-state index in [1.54, 1.807) is 0 Å². The molecule has 2 bridgehead atoms. The zero-order valence-electron chi connectivity index (χ0n) is 17.8. The number of para-hydroxylation sites is 1. The summed E-state index contributed by atoms with van der Waals surface area (Å²) in [5.74, 6) is -2.42. The number of fused-ring (bicyclic) bond motifs is 3. The van der Waals surface area contributed by atoms with Gasteiger partial charge in [0, 0.05) is 10.6 Å². The number of carbonyl (C=O) groups excluding carboxylic acids is 2. The van der Waals surface area contributed by atoms with E-state index in [0.717, 1.165) is 36.1 Å². The maximum absolute atomic E-state index is 13.3. The van der Waals surface area contributed by atoms with Gasteiger partial charge >= 0.3 is 5.97 Å². The molecule has 2 aromatic rings. The zero-order valence-corrected chi connectivity index (χ0v) is 18.6. The quantitative estimate of drug-likeness (QED) is 0.592. The van der Waals surface area contributed by atoms with Crippen LogP contribution in [0.25, 0.3) is 0 Å². The molecule has 1 aromatic carbocycles. The standard InChI is InChI=1S/C24H28N2O4S/c1-3-17-13(2)31-23(20(17)22(28)25-16-7-5-4-6-8-16)26-21(27)18-14-9-11-15(12-10-14)19(18)24(29)30/h4-8,14-15,18-19H,3,9-12H2,1-2H3,(H,25,28)(H,26,27)(H,29,30)/t14?,15?,18-,19-/m1/s1. The van der Waals surface area contributed by atoms with Gasteiger partial charge in [-0.05, 0) is 68.6 Å². The van der Waals surface area contributed by atoms with Crippen molar-refractivity contribution in [2.45, 2.75) is 46.0 Å². The van der Waals surface area contributed by atoms with Crippen LogP contribution in [-0.2, 0) is 16.0 Å². The molecule has 1 aromatic heterocycles. The summed E-state index contributed by atoms with van der Waals surface area (Å²) in [5, 5.41) is 16.2. The molecule has 3 aliphatic carbocycles. The van der Waals surface area contributed by atoms with Crippen molar-refractivity contribution < 1.29 is 19.5 Å². The summed E-state index contributed by atoms with van der Waals surface area (Å²) in [6, 6.07) is 9.21. The van der Waals surface area contributed by atoms with Crippen molar-refractivity contribution in [2.24, 2.45) is 23.7 Å². The average molecular weight is 441 g/mol. The van der Waals surface area contributed by atoms with E-state index >= 15 is 0 Å². The highest BCUT2D eigenvalue weighted by molar-refractivity contribution is 7.16. The van der Waals surface area contributed by atoms with Crippen LogP contribution in [0, 0.1) is 30.6 Å². The van der Waals surface area contributed by atoms with E-state index in [0.29, 0.717) is 22.7 Å². The number of aliphatic carboxylic acids is 1. The maximum atomic E-state index is 13.3. The molecule has 0 aliphatic heterocycles. The lowest BCUT2D eigenvalue weighted by atomic mass is 9.58. The molecular formula is C24H28N2O4S. The Kier molecular flexibility index (Phi) is 6.14. The van der Waals surface area contributed by atoms with E-state index in [-0.39, 0.29) is 23.7 Å². The molecule has 5 rings (SSSR count). The predicted molar refractivity (Wildman–Crippen MR) is 122 cm³/mol. The van der Waals surface area contributed by atoms with Crippen molar-refractivity contribution in [3.8, 4) is 0 Å². The first-order valence-electron chi connectivity index (χ1n) is 10.9. The molecule has 3 fully saturated rings. The third-order valence-corrected chi connectivity index (χ3v) is 7.93. The van der Waals surface area contributed by atoms with E-state index in [9.17, 15) is 19.5 Å². The molecule has 1 heterocycles. The molecule has 7 heteroatoms. The van der Waals surface area contributed by atoms with E-state index in [1.807, 2.05) is 44.2 Å². The molecule has 0 saturated heterocycles. The van der Waals surface area contributed by atoms with Crippen molar-refractivity contribution in [1.82, 2.24) is 0 Å². The van der Waals surface area contributed by atoms with Gasteiger partial charge in [-0.15, -0.1) is 11.3 Å². The van der Waals surface area contributed by atoms with Gasteiger partial charge in [0.1, 0.15) is 5.00 Å². The molecule has 164 valence electrons. The smallest absolute Gasteiger partial charge is 0.307 e. The van der Waals surface area contributed by atoms with Crippen LogP contribution in [0.15, 0.2) is 30.3 Å². The van der Waals surface area contributed by atoms with Gasteiger partial charge in [-0.1, -0.05) is 25.1 Å². The summed E-state index contributed by atoms with van der Waals surface area (Å²) in [6.07, 6.45) is 4.24. The predicted octanol–water partition coefficient (Wildman–Crippen LogP) is 4.95. The van der Waals surface area contributed by atoms with Crippen LogP contribution < -0.4 is 10.6 Å². The average Bonchev–Trinajstić information content (AvgIpc) is 3.09. The van der Waals surface area contributed by atoms with Crippen LogP contribution in [-0.4, -0.2) is 22.9 Å². The monoisotopic (exact) mass is 440 g/mol.